The number of carbonyl (C=O) groups excluding carboxylic acids is 2. The van der Waals surface area contributed by atoms with Crippen LogP contribution in [0.4, 0.5) is 0 Å². The molecule has 0 saturated carbocycles. The summed E-state index contributed by atoms with van der Waals surface area (Å²) in [6.45, 7) is 22.9. The van der Waals surface area contributed by atoms with E-state index in [4.69, 9.17) is 0 Å². The highest BCUT2D eigenvalue weighted by Gasteiger charge is 2.26. The molecule has 0 aromatic carbocycles. The molecule has 0 bridgehead atoms. The van der Waals surface area contributed by atoms with Crippen LogP contribution in [0, 0.1) is 0 Å². The minimum Gasteiger partial charge on any atom is -0.338 e. The summed E-state index contributed by atoms with van der Waals surface area (Å²) in [5, 5.41) is 0. The number of piperazine rings is 1. The van der Waals surface area contributed by atoms with E-state index in [0.29, 0.717) is 39.3 Å². The van der Waals surface area contributed by atoms with Gasteiger partial charge in [0.25, 0.3) is 0 Å². The third kappa shape index (κ3) is 43.7. The Kier molecular flexibility index (Phi) is 51.2. The van der Waals surface area contributed by atoms with Gasteiger partial charge >= 0.3 is 0 Å². The van der Waals surface area contributed by atoms with Gasteiger partial charge in [0.1, 0.15) is 0 Å². The van der Waals surface area contributed by atoms with Crippen molar-refractivity contribution in [1.29, 1.82) is 0 Å². The van der Waals surface area contributed by atoms with Crippen LogP contribution < -0.4 is 0 Å². The van der Waals surface area contributed by atoms with Gasteiger partial charge in [-0.05, 0) is 64.8 Å². The van der Waals surface area contributed by atoms with Crippen LogP contribution in [0.3, 0.4) is 0 Å². The summed E-state index contributed by atoms with van der Waals surface area (Å²) < 4.78 is 0. The molecule has 7 nitrogen and oxygen atoms in total. The number of hydrogen-bond acceptors (Lipinski definition) is 5. The zero-order chi connectivity index (χ0) is 51.3. The summed E-state index contributed by atoms with van der Waals surface area (Å²) in [7, 11) is 0. The fourth-order valence-electron chi connectivity index (χ4n) is 11.0. The lowest BCUT2D eigenvalue weighted by Crippen LogP contribution is -2.54. The molecule has 0 N–H and O–H groups in total. The van der Waals surface area contributed by atoms with Crippen LogP contribution in [0.2, 0.25) is 0 Å². The second-order valence-corrected chi connectivity index (χ2v) is 22.9. The number of amides is 2. The molecule has 422 valence electrons. The predicted octanol–water partition coefficient (Wildman–Crippen LogP) is 17.8. The van der Waals surface area contributed by atoms with Gasteiger partial charge in [-0.25, -0.2) is 0 Å². The lowest BCUT2D eigenvalue weighted by atomic mass is 10.1. The van der Waals surface area contributed by atoms with Gasteiger partial charge in [0.2, 0.25) is 11.8 Å². The first-order valence-electron chi connectivity index (χ1n) is 32.7. The zero-order valence-corrected chi connectivity index (χ0v) is 49.4. The third-order valence-corrected chi connectivity index (χ3v) is 16.1. The van der Waals surface area contributed by atoms with Crippen molar-refractivity contribution in [2.45, 2.75) is 317 Å². The molecule has 1 saturated heterocycles. The predicted molar refractivity (Wildman–Crippen MR) is 314 cm³/mol. The zero-order valence-electron chi connectivity index (χ0n) is 49.4. The van der Waals surface area contributed by atoms with Crippen molar-refractivity contribution in [3.8, 4) is 0 Å². The van der Waals surface area contributed by atoms with E-state index in [1.54, 1.807) is 0 Å². The fourth-order valence-corrected chi connectivity index (χ4v) is 11.0. The minimum atomic E-state index is 0.276. The molecule has 7 heteroatoms. The maximum absolute atomic E-state index is 14.1. The van der Waals surface area contributed by atoms with E-state index in [1.807, 2.05) is 0 Å². The molecule has 1 heterocycles. The summed E-state index contributed by atoms with van der Waals surface area (Å²) in [6, 6.07) is 0. The topological polar surface area (TPSA) is 50.3 Å². The second kappa shape index (κ2) is 53.6. The molecule has 1 rings (SSSR count). The van der Waals surface area contributed by atoms with E-state index in [0.717, 1.165) is 32.7 Å². The molecule has 1 aliphatic heterocycles. The van der Waals surface area contributed by atoms with E-state index in [1.165, 1.54) is 296 Å². The van der Waals surface area contributed by atoms with Crippen LogP contribution in [0.5, 0.6) is 0 Å². The van der Waals surface area contributed by atoms with Crippen LogP contribution in [0.25, 0.3) is 0 Å². The van der Waals surface area contributed by atoms with Crippen LogP contribution in [-0.2, 0) is 9.59 Å². The maximum atomic E-state index is 14.1. The number of hydrogen-bond donors (Lipinski definition) is 0. The van der Waals surface area contributed by atoms with E-state index in [2.05, 4.69) is 59.1 Å². The second-order valence-electron chi connectivity index (χ2n) is 22.9. The lowest BCUT2D eigenvalue weighted by molar-refractivity contribution is -0.140. The largest absolute Gasteiger partial charge is 0.338 e. The van der Waals surface area contributed by atoms with Gasteiger partial charge in [0.05, 0.1) is 13.1 Å². The van der Waals surface area contributed by atoms with Crippen LogP contribution in [-0.4, -0.2) is 121 Å². The molecule has 71 heavy (non-hydrogen) atoms. The van der Waals surface area contributed by atoms with Gasteiger partial charge in [-0.2, -0.15) is 0 Å². The van der Waals surface area contributed by atoms with E-state index in [-0.39, 0.29) is 11.8 Å². The molecule has 2 amide bonds. The first-order chi connectivity index (χ1) is 35.0. The van der Waals surface area contributed by atoms with E-state index < -0.39 is 0 Å². The first-order valence-corrected chi connectivity index (χ1v) is 32.7. The highest BCUT2D eigenvalue weighted by Crippen LogP contribution is 2.17. The Hall–Kier alpha value is -1.18. The van der Waals surface area contributed by atoms with Gasteiger partial charge in [-0.3, -0.25) is 19.4 Å². The normalized spacial score (nSPS) is 13.2. The third-order valence-electron chi connectivity index (χ3n) is 16.1. The molecule has 0 radical (unpaired) electrons. The summed E-state index contributed by atoms with van der Waals surface area (Å²) in [5.41, 5.74) is 0. The molecule has 0 spiro atoms. The summed E-state index contributed by atoms with van der Waals surface area (Å²) in [6.07, 6.45) is 59.4. The highest BCUT2D eigenvalue weighted by molar-refractivity contribution is 5.80. The van der Waals surface area contributed by atoms with E-state index >= 15 is 0 Å². The molecule has 0 aliphatic carbocycles. The van der Waals surface area contributed by atoms with E-state index in [9.17, 15) is 9.59 Å². The van der Waals surface area contributed by atoms with Crippen LogP contribution >= 0.6 is 0 Å². The molecule has 0 unspecified atom stereocenters. The van der Waals surface area contributed by atoms with Crippen molar-refractivity contribution >= 4 is 11.8 Å². The molecular weight excluding hydrogens is 871 g/mol. The molecule has 0 aromatic rings. The van der Waals surface area contributed by atoms with Crippen molar-refractivity contribution in [2.75, 3.05) is 85.1 Å². The summed E-state index contributed by atoms with van der Waals surface area (Å²) >= 11 is 0. The summed E-state index contributed by atoms with van der Waals surface area (Å²) in [5.74, 6) is 0.555. The number of nitrogens with zero attached hydrogens (tertiary/aromatic N) is 5. The van der Waals surface area contributed by atoms with Gasteiger partial charge in [-0.15, -0.1) is 0 Å². The molecule has 1 aliphatic rings. The number of unbranched alkanes of at least 4 members (excludes halogenated alkanes) is 39. The molecule has 1 fully saturated rings. The quantitative estimate of drug-likeness (QED) is 0.0568. The molecule has 0 atom stereocenters. The van der Waals surface area contributed by atoms with Crippen molar-refractivity contribution in [3.05, 3.63) is 0 Å². The Morgan fingerprint density at radius 1 is 0.239 bits per heavy atom. The Bertz CT molecular complexity index is 1050. The van der Waals surface area contributed by atoms with Crippen LogP contribution in [0.1, 0.15) is 317 Å². The van der Waals surface area contributed by atoms with Gasteiger partial charge < -0.3 is 14.7 Å². The van der Waals surface area contributed by atoms with Crippen molar-refractivity contribution < 1.29 is 9.59 Å². The SMILES string of the molecule is CCCCCCCCCCCCN(CCCCCCCCCCCC)CC(=O)N1CCN(C(=O)CN(CCCCCCCCCCCC)CCN(CCCCCCCCC)CCCCCCCCC)CC1. The first kappa shape index (κ1) is 67.8. The minimum absolute atomic E-state index is 0.276. The molecule has 0 aromatic heterocycles. The van der Waals surface area contributed by atoms with Gasteiger partial charge in [0.15, 0.2) is 0 Å². The van der Waals surface area contributed by atoms with Crippen molar-refractivity contribution in [1.82, 2.24) is 24.5 Å². The Morgan fingerprint density at radius 2 is 0.408 bits per heavy atom. The summed E-state index contributed by atoms with van der Waals surface area (Å²) in [4.78, 5) is 40.0. The average molecular weight is 1000 g/mol. The maximum Gasteiger partial charge on any atom is 0.236 e. The standard InChI is InChI=1S/C64H129N5O2/c1-6-11-16-21-26-29-32-37-42-47-52-66(53-48-43-38-33-30-27-22-17-12-7-2)61-63(70)68-57-59-69(60-58-68)64(71)62-67(54-49-44-39-34-31-28-23-18-13-8-3)56-55-65(50-45-40-35-24-19-14-9-4)51-46-41-36-25-20-15-10-5/h6-62H2,1-5H3. The fraction of sp³-hybridized carbons (Fsp3) is 0.969. The van der Waals surface area contributed by atoms with Crippen LogP contribution in [0.15, 0.2) is 0 Å². The van der Waals surface area contributed by atoms with Crippen molar-refractivity contribution in [3.63, 3.8) is 0 Å². The highest BCUT2D eigenvalue weighted by atomic mass is 16.2. The average Bonchev–Trinajstić information content (AvgIpc) is 3.38. The monoisotopic (exact) mass is 1000 g/mol. The Balaban J connectivity index is 2.80. The molecular formula is C64H129N5O2. The number of carbonyl (C=O) groups is 2. The Morgan fingerprint density at radius 3 is 0.634 bits per heavy atom. The van der Waals surface area contributed by atoms with Crippen molar-refractivity contribution in [2.24, 2.45) is 0 Å². The van der Waals surface area contributed by atoms with Gasteiger partial charge in [-0.1, -0.05) is 285 Å². The van der Waals surface area contributed by atoms with Gasteiger partial charge in [0, 0.05) is 39.3 Å². The number of rotatable bonds is 56. The Labute approximate surface area is 446 Å². The smallest absolute Gasteiger partial charge is 0.236 e. The lowest BCUT2D eigenvalue weighted by Gasteiger charge is -2.37.